The maximum Gasteiger partial charge on any atom is 0.0794 e. The monoisotopic (exact) mass is 310 g/mol. The molecule has 0 bridgehead atoms. The second kappa shape index (κ2) is 6.28. The van der Waals surface area contributed by atoms with Gasteiger partial charge < -0.3 is 5.32 Å². The van der Waals surface area contributed by atoms with Crippen LogP contribution in [-0.2, 0) is 6.42 Å². The summed E-state index contributed by atoms with van der Waals surface area (Å²) in [5.41, 5.74) is 3.21. The van der Waals surface area contributed by atoms with Crippen molar-refractivity contribution in [3.8, 4) is 0 Å². The summed E-state index contributed by atoms with van der Waals surface area (Å²) in [5, 5.41) is 3.52. The molecule has 0 aliphatic rings. The van der Waals surface area contributed by atoms with Crippen molar-refractivity contribution in [2.75, 3.05) is 6.54 Å². The van der Waals surface area contributed by atoms with Crippen molar-refractivity contribution in [1.82, 2.24) is 10.3 Å². The molecule has 1 atom stereocenters. The van der Waals surface area contributed by atoms with E-state index in [-0.39, 0.29) is 0 Å². The van der Waals surface area contributed by atoms with Crippen molar-refractivity contribution in [3.05, 3.63) is 50.9 Å². The van der Waals surface area contributed by atoms with Gasteiger partial charge >= 0.3 is 0 Å². The molecule has 1 aromatic carbocycles. The molecule has 2 rings (SSSR count). The molecule has 0 fully saturated rings. The van der Waals surface area contributed by atoms with Crippen LogP contribution in [-0.4, -0.2) is 11.5 Å². The molecule has 0 spiro atoms. The second-order valence-corrected chi connectivity index (χ2v) is 5.72. The maximum atomic E-state index is 4.13. The van der Waals surface area contributed by atoms with Crippen molar-refractivity contribution in [2.45, 2.75) is 19.4 Å². The van der Waals surface area contributed by atoms with E-state index in [9.17, 15) is 0 Å². The van der Waals surface area contributed by atoms with Crippen LogP contribution in [0.3, 0.4) is 0 Å². The zero-order valence-corrected chi connectivity index (χ0v) is 12.1. The largest absolute Gasteiger partial charge is 0.310 e. The minimum Gasteiger partial charge on any atom is -0.310 e. The smallest absolute Gasteiger partial charge is 0.0794 e. The highest BCUT2D eigenvalue weighted by atomic mass is 79.9. The summed E-state index contributed by atoms with van der Waals surface area (Å²) in [5.74, 6) is 0. The van der Waals surface area contributed by atoms with Gasteiger partial charge in [-0.15, -0.1) is 11.3 Å². The van der Waals surface area contributed by atoms with E-state index in [0.717, 1.165) is 17.4 Å². The molecule has 1 unspecified atom stereocenters. The van der Waals surface area contributed by atoms with Crippen molar-refractivity contribution in [2.24, 2.45) is 0 Å². The molecular weight excluding hydrogens is 296 g/mol. The summed E-state index contributed by atoms with van der Waals surface area (Å²) in [4.78, 5) is 5.44. The molecule has 4 heteroatoms. The molecule has 0 amide bonds. The van der Waals surface area contributed by atoms with Crippen LogP contribution < -0.4 is 5.32 Å². The highest BCUT2D eigenvalue weighted by Crippen LogP contribution is 2.22. The SMILES string of the molecule is CCNC(Cc1cncs1)c1ccc(Br)cc1. The van der Waals surface area contributed by atoms with Gasteiger partial charge in [-0.25, -0.2) is 0 Å². The Morgan fingerprint density at radius 1 is 1.35 bits per heavy atom. The van der Waals surface area contributed by atoms with Gasteiger partial charge in [-0.1, -0.05) is 35.0 Å². The van der Waals surface area contributed by atoms with Crippen LogP contribution in [0.2, 0.25) is 0 Å². The third kappa shape index (κ3) is 3.63. The van der Waals surface area contributed by atoms with Crippen LogP contribution in [0.1, 0.15) is 23.4 Å². The number of likely N-dealkylation sites (N-methyl/N-ethyl adjacent to an activating group) is 1. The first-order valence-corrected chi connectivity index (χ1v) is 7.33. The van der Waals surface area contributed by atoms with Gasteiger partial charge in [-0.05, 0) is 24.2 Å². The lowest BCUT2D eigenvalue weighted by molar-refractivity contribution is 0.553. The van der Waals surface area contributed by atoms with Gasteiger partial charge in [0, 0.05) is 28.0 Å². The van der Waals surface area contributed by atoms with E-state index in [1.165, 1.54) is 10.4 Å². The van der Waals surface area contributed by atoms with E-state index in [1.54, 1.807) is 11.3 Å². The van der Waals surface area contributed by atoms with Gasteiger partial charge in [0.2, 0.25) is 0 Å². The van der Waals surface area contributed by atoms with E-state index in [4.69, 9.17) is 0 Å². The van der Waals surface area contributed by atoms with E-state index < -0.39 is 0 Å². The fraction of sp³-hybridized carbons (Fsp3) is 0.308. The molecule has 2 nitrogen and oxygen atoms in total. The van der Waals surface area contributed by atoms with Crippen LogP contribution in [0.5, 0.6) is 0 Å². The quantitative estimate of drug-likeness (QED) is 0.908. The number of benzene rings is 1. The molecule has 17 heavy (non-hydrogen) atoms. The molecule has 0 aliphatic heterocycles. The minimum atomic E-state index is 0.369. The Balaban J connectivity index is 2.13. The van der Waals surface area contributed by atoms with Crippen LogP contribution in [0.4, 0.5) is 0 Å². The summed E-state index contributed by atoms with van der Waals surface area (Å²) in [6.07, 6.45) is 2.95. The van der Waals surface area contributed by atoms with Crippen LogP contribution in [0.15, 0.2) is 40.4 Å². The zero-order chi connectivity index (χ0) is 12.1. The summed E-state index contributed by atoms with van der Waals surface area (Å²) >= 11 is 5.18. The van der Waals surface area contributed by atoms with Gasteiger partial charge in [0.25, 0.3) is 0 Å². The third-order valence-corrected chi connectivity index (χ3v) is 3.94. The van der Waals surface area contributed by atoms with Crippen LogP contribution in [0, 0.1) is 0 Å². The number of nitrogens with one attached hydrogen (secondary N) is 1. The highest BCUT2D eigenvalue weighted by molar-refractivity contribution is 9.10. The Labute approximate surface area is 114 Å². The lowest BCUT2D eigenvalue weighted by atomic mass is 10.0. The first kappa shape index (κ1) is 12.7. The number of nitrogens with zero attached hydrogens (tertiary/aromatic N) is 1. The van der Waals surface area contributed by atoms with Crippen molar-refractivity contribution in [3.63, 3.8) is 0 Å². The Kier molecular flexibility index (Phi) is 4.71. The summed E-state index contributed by atoms with van der Waals surface area (Å²) < 4.78 is 1.12. The average molecular weight is 311 g/mol. The van der Waals surface area contributed by atoms with E-state index in [1.807, 2.05) is 11.7 Å². The molecule has 2 aromatic rings. The molecule has 0 aliphatic carbocycles. The number of rotatable bonds is 5. The van der Waals surface area contributed by atoms with Gasteiger partial charge in [0.15, 0.2) is 0 Å². The van der Waals surface area contributed by atoms with E-state index >= 15 is 0 Å². The fourth-order valence-electron chi connectivity index (χ4n) is 1.79. The zero-order valence-electron chi connectivity index (χ0n) is 9.69. The molecule has 0 radical (unpaired) electrons. The van der Waals surface area contributed by atoms with E-state index in [2.05, 4.69) is 57.4 Å². The summed E-state index contributed by atoms with van der Waals surface area (Å²) in [6.45, 7) is 3.11. The molecule has 0 saturated carbocycles. The Morgan fingerprint density at radius 2 is 2.12 bits per heavy atom. The third-order valence-electron chi connectivity index (χ3n) is 2.61. The normalized spacial score (nSPS) is 12.6. The Bertz CT molecular complexity index is 439. The Hall–Kier alpha value is -0.710. The molecular formula is C13H15BrN2S. The number of aromatic nitrogens is 1. The van der Waals surface area contributed by atoms with Gasteiger partial charge in [-0.3, -0.25) is 4.98 Å². The first-order chi connectivity index (χ1) is 8.29. The summed E-state index contributed by atoms with van der Waals surface area (Å²) in [6, 6.07) is 8.88. The fourth-order valence-corrected chi connectivity index (χ4v) is 2.70. The molecule has 90 valence electrons. The number of hydrogen-bond acceptors (Lipinski definition) is 3. The predicted octanol–water partition coefficient (Wildman–Crippen LogP) is 3.80. The van der Waals surface area contributed by atoms with Gasteiger partial charge in [-0.2, -0.15) is 0 Å². The van der Waals surface area contributed by atoms with Crippen molar-refractivity contribution >= 4 is 27.3 Å². The maximum absolute atomic E-state index is 4.13. The standard InChI is InChI=1S/C13H15BrN2S/c1-2-16-13(7-12-8-15-9-17-12)10-3-5-11(14)6-4-10/h3-6,8-9,13,16H,2,7H2,1H3. The van der Waals surface area contributed by atoms with Crippen LogP contribution in [0.25, 0.3) is 0 Å². The average Bonchev–Trinajstić information content (AvgIpc) is 2.82. The topological polar surface area (TPSA) is 24.9 Å². The molecule has 1 aromatic heterocycles. The number of thiazole rings is 1. The summed E-state index contributed by atoms with van der Waals surface area (Å²) in [7, 11) is 0. The molecule has 0 saturated heterocycles. The van der Waals surface area contributed by atoms with Gasteiger partial charge in [0.1, 0.15) is 0 Å². The van der Waals surface area contributed by atoms with Crippen molar-refractivity contribution < 1.29 is 0 Å². The minimum absolute atomic E-state index is 0.369. The molecule has 1 heterocycles. The Morgan fingerprint density at radius 3 is 2.71 bits per heavy atom. The molecule has 1 N–H and O–H groups in total. The number of halogens is 1. The van der Waals surface area contributed by atoms with E-state index in [0.29, 0.717) is 6.04 Å². The van der Waals surface area contributed by atoms with Crippen LogP contribution >= 0.6 is 27.3 Å². The lowest BCUT2D eigenvalue weighted by Gasteiger charge is -2.17. The first-order valence-electron chi connectivity index (χ1n) is 5.66. The second-order valence-electron chi connectivity index (χ2n) is 3.83. The lowest BCUT2D eigenvalue weighted by Crippen LogP contribution is -2.22. The van der Waals surface area contributed by atoms with Gasteiger partial charge in [0.05, 0.1) is 5.51 Å². The van der Waals surface area contributed by atoms with Crippen molar-refractivity contribution in [1.29, 1.82) is 0 Å². The predicted molar refractivity (Wildman–Crippen MR) is 76.4 cm³/mol. The highest BCUT2D eigenvalue weighted by Gasteiger charge is 2.11. The number of hydrogen-bond donors (Lipinski definition) is 1.